The molecule has 0 radical (unpaired) electrons. The van der Waals surface area contributed by atoms with Crippen LogP contribution < -0.4 is 20.3 Å². The van der Waals surface area contributed by atoms with Crippen LogP contribution in [0.5, 0.6) is 5.88 Å². The predicted octanol–water partition coefficient (Wildman–Crippen LogP) is 4.93. The van der Waals surface area contributed by atoms with Crippen molar-refractivity contribution in [3.63, 3.8) is 0 Å². The van der Waals surface area contributed by atoms with Gasteiger partial charge in [-0.15, -0.1) is 0 Å². The first-order valence-corrected chi connectivity index (χ1v) is 14.3. The molecule has 0 spiro atoms. The number of nitrogens with zero attached hydrogens (tertiary/aromatic N) is 5. The summed E-state index contributed by atoms with van der Waals surface area (Å²) in [7, 11) is 2.01. The Kier molecular flexibility index (Phi) is 8.73. The van der Waals surface area contributed by atoms with E-state index >= 15 is 0 Å². The van der Waals surface area contributed by atoms with Gasteiger partial charge in [0.15, 0.2) is 0 Å². The number of amides is 2. The van der Waals surface area contributed by atoms with E-state index in [-0.39, 0.29) is 17.6 Å². The van der Waals surface area contributed by atoms with Gasteiger partial charge in [-0.3, -0.25) is 4.98 Å². The van der Waals surface area contributed by atoms with E-state index in [9.17, 15) is 23.2 Å². The van der Waals surface area contributed by atoms with Crippen LogP contribution in [0.4, 0.5) is 23.7 Å². The van der Waals surface area contributed by atoms with Gasteiger partial charge in [0.05, 0.1) is 40.2 Å². The Labute approximate surface area is 248 Å². The summed E-state index contributed by atoms with van der Waals surface area (Å²) in [5.41, 5.74) is 0.998. The first-order chi connectivity index (χ1) is 20.6. The lowest BCUT2D eigenvalue weighted by atomic mass is 9.81. The van der Waals surface area contributed by atoms with Crippen molar-refractivity contribution in [1.82, 2.24) is 25.5 Å². The Morgan fingerprint density at radius 2 is 1.95 bits per heavy atom. The third kappa shape index (κ3) is 6.67. The number of pyridine rings is 2. The van der Waals surface area contributed by atoms with Crippen LogP contribution in [0.2, 0.25) is 0 Å². The van der Waals surface area contributed by atoms with E-state index in [0.717, 1.165) is 42.8 Å². The van der Waals surface area contributed by atoms with Gasteiger partial charge in [0.2, 0.25) is 5.88 Å². The number of hydrogen-bond donors (Lipinski definition) is 2. The van der Waals surface area contributed by atoms with Gasteiger partial charge in [0.1, 0.15) is 6.07 Å². The molecule has 5 rings (SSSR count). The number of benzene rings is 1. The number of likely N-dealkylation sites (N-methyl/N-ethyl adjacent to an activating group) is 1. The fourth-order valence-corrected chi connectivity index (χ4v) is 5.86. The molecule has 1 atom stereocenters. The average molecular weight is 594 g/mol. The Bertz CT molecular complexity index is 1480. The van der Waals surface area contributed by atoms with Crippen LogP contribution in [0.3, 0.4) is 0 Å². The Morgan fingerprint density at radius 3 is 2.58 bits per heavy atom. The minimum absolute atomic E-state index is 0.0361. The van der Waals surface area contributed by atoms with Gasteiger partial charge in [-0.2, -0.15) is 18.4 Å². The second kappa shape index (κ2) is 12.5. The zero-order chi connectivity index (χ0) is 30.6. The standard InChI is InChI=1S/C31H34F3N7O2/c1-3-43-28-25(5-4-13-36-28)26-8-6-23(19-37-26)30(39-29(42)38-24-10-14-40(2)20-24)11-15-41(16-12-30)27-9-7-22(31(32,33)34)17-21(27)18-35/h4-9,13,17,19,24H,3,10-12,14-16,20H2,1-2H3,(H2,38,39,42)/t24-/m1/s1. The van der Waals surface area contributed by atoms with Gasteiger partial charge in [0.25, 0.3) is 0 Å². The highest BCUT2D eigenvalue weighted by molar-refractivity contribution is 5.76. The molecule has 2 fully saturated rings. The van der Waals surface area contributed by atoms with E-state index in [1.54, 1.807) is 12.4 Å². The van der Waals surface area contributed by atoms with Gasteiger partial charge >= 0.3 is 12.2 Å². The smallest absolute Gasteiger partial charge is 0.416 e. The Hall–Kier alpha value is -4.37. The Morgan fingerprint density at radius 1 is 1.16 bits per heavy atom. The van der Waals surface area contributed by atoms with Gasteiger partial charge in [-0.1, -0.05) is 6.07 Å². The molecule has 0 saturated carbocycles. The lowest BCUT2D eigenvalue weighted by Crippen LogP contribution is -2.57. The average Bonchev–Trinajstić information content (AvgIpc) is 3.41. The number of aromatic nitrogens is 2. The molecule has 9 nitrogen and oxygen atoms in total. The Balaban J connectivity index is 1.41. The van der Waals surface area contributed by atoms with Crippen molar-refractivity contribution in [3.8, 4) is 23.2 Å². The second-order valence-corrected chi connectivity index (χ2v) is 11.0. The van der Waals surface area contributed by atoms with Crippen LogP contribution in [0.25, 0.3) is 11.3 Å². The molecule has 2 amide bonds. The number of ether oxygens (including phenoxy) is 1. The molecule has 2 N–H and O–H groups in total. The summed E-state index contributed by atoms with van der Waals surface area (Å²) in [6, 6.07) is 12.4. The summed E-state index contributed by atoms with van der Waals surface area (Å²) in [5, 5.41) is 15.9. The molecule has 1 aromatic carbocycles. The van der Waals surface area contributed by atoms with E-state index in [1.807, 2.05) is 49.2 Å². The topological polar surface area (TPSA) is 106 Å². The zero-order valence-corrected chi connectivity index (χ0v) is 24.1. The van der Waals surface area contributed by atoms with Crippen LogP contribution in [-0.2, 0) is 11.7 Å². The molecule has 0 bridgehead atoms. The number of nitrogens with one attached hydrogen (secondary N) is 2. The quantitative estimate of drug-likeness (QED) is 0.400. The van der Waals surface area contributed by atoms with E-state index in [1.165, 1.54) is 6.07 Å². The summed E-state index contributed by atoms with van der Waals surface area (Å²) in [5.74, 6) is 0.483. The minimum Gasteiger partial charge on any atom is -0.477 e. The normalized spacial score (nSPS) is 18.6. The number of carbonyl (C=O) groups is 1. The number of halogens is 3. The molecule has 0 aliphatic carbocycles. The number of likely N-dealkylation sites (tertiary alicyclic amines) is 1. The fraction of sp³-hybridized carbons (Fsp3) is 0.419. The number of piperidine rings is 1. The first kappa shape index (κ1) is 30.1. The van der Waals surface area contributed by atoms with E-state index in [2.05, 4.69) is 20.5 Å². The second-order valence-electron chi connectivity index (χ2n) is 11.0. The third-order valence-corrected chi connectivity index (χ3v) is 8.13. The van der Waals surface area contributed by atoms with Crippen molar-refractivity contribution in [2.75, 3.05) is 44.7 Å². The van der Waals surface area contributed by atoms with Crippen molar-refractivity contribution >= 4 is 11.7 Å². The largest absolute Gasteiger partial charge is 0.477 e. The number of carbonyl (C=O) groups excluding carboxylic acids is 1. The predicted molar refractivity (Wildman–Crippen MR) is 155 cm³/mol. The summed E-state index contributed by atoms with van der Waals surface area (Å²) in [4.78, 5) is 26.4. The fourth-order valence-electron chi connectivity index (χ4n) is 5.86. The maximum Gasteiger partial charge on any atom is 0.416 e. The van der Waals surface area contributed by atoms with Crippen molar-refractivity contribution in [3.05, 3.63) is 71.5 Å². The lowest BCUT2D eigenvalue weighted by molar-refractivity contribution is -0.137. The van der Waals surface area contributed by atoms with Crippen LogP contribution in [-0.4, -0.2) is 66.8 Å². The molecular weight excluding hydrogens is 559 g/mol. The summed E-state index contributed by atoms with van der Waals surface area (Å²) in [6.45, 7) is 4.84. The van der Waals surface area contributed by atoms with Crippen LogP contribution in [0, 0.1) is 11.3 Å². The lowest BCUT2D eigenvalue weighted by Gasteiger charge is -2.43. The van der Waals surface area contributed by atoms with Crippen molar-refractivity contribution in [2.45, 2.75) is 43.9 Å². The highest BCUT2D eigenvalue weighted by Crippen LogP contribution is 2.38. The van der Waals surface area contributed by atoms with Gasteiger partial charge in [0, 0.05) is 38.1 Å². The molecule has 4 heterocycles. The van der Waals surface area contributed by atoms with Crippen LogP contribution >= 0.6 is 0 Å². The van der Waals surface area contributed by atoms with E-state index in [0.29, 0.717) is 49.8 Å². The monoisotopic (exact) mass is 593 g/mol. The molecule has 0 unspecified atom stereocenters. The van der Waals surface area contributed by atoms with Crippen molar-refractivity contribution < 1.29 is 22.7 Å². The summed E-state index contributed by atoms with van der Waals surface area (Å²) >= 11 is 0. The molecule has 12 heteroatoms. The first-order valence-electron chi connectivity index (χ1n) is 14.3. The zero-order valence-electron chi connectivity index (χ0n) is 24.1. The molecule has 226 valence electrons. The number of urea groups is 1. The van der Waals surface area contributed by atoms with Crippen LogP contribution in [0.15, 0.2) is 54.9 Å². The molecule has 3 aromatic rings. The number of hydrogen-bond acceptors (Lipinski definition) is 7. The maximum absolute atomic E-state index is 13.3. The molecule has 2 saturated heterocycles. The number of alkyl halides is 3. The van der Waals surface area contributed by atoms with Gasteiger partial charge in [-0.25, -0.2) is 9.78 Å². The molecular formula is C31H34F3N7O2. The third-order valence-electron chi connectivity index (χ3n) is 8.13. The highest BCUT2D eigenvalue weighted by Gasteiger charge is 2.40. The van der Waals surface area contributed by atoms with Crippen LogP contribution in [0.1, 0.15) is 42.9 Å². The molecule has 2 aromatic heterocycles. The van der Waals surface area contributed by atoms with Crippen molar-refractivity contribution in [1.29, 1.82) is 5.26 Å². The number of anilines is 1. The minimum atomic E-state index is -4.54. The summed E-state index contributed by atoms with van der Waals surface area (Å²) in [6.07, 6.45) is 0.634. The summed E-state index contributed by atoms with van der Waals surface area (Å²) < 4.78 is 45.5. The maximum atomic E-state index is 13.3. The SMILES string of the molecule is CCOc1ncccc1-c1ccc(C2(NC(=O)N[C@@H]3CCN(C)C3)CCN(c3ccc(C(F)(F)F)cc3C#N)CC2)cn1. The number of rotatable bonds is 7. The van der Waals surface area contributed by atoms with E-state index < -0.39 is 17.3 Å². The molecule has 2 aliphatic rings. The van der Waals surface area contributed by atoms with E-state index in [4.69, 9.17) is 9.72 Å². The van der Waals surface area contributed by atoms with Crippen molar-refractivity contribution in [2.24, 2.45) is 0 Å². The highest BCUT2D eigenvalue weighted by atomic mass is 19.4. The van der Waals surface area contributed by atoms with Gasteiger partial charge in [-0.05, 0) is 81.7 Å². The molecule has 43 heavy (non-hydrogen) atoms. The molecule has 2 aliphatic heterocycles. The number of nitriles is 1. The van der Waals surface area contributed by atoms with Gasteiger partial charge < -0.3 is 25.2 Å².